The first kappa shape index (κ1) is 12.6. The lowest BCUT2D eigenvalue weighted by Gasteiger charge is -2.13. The third kappa shape index (κ3) is 2.34. The maximum Gasteiger partial charge on any atom is 0.0958 e. The molecule has 1 saturated carbocycles. The van der Waals surface area contributed by atoms with Crippen molar-refractivity contribution in [3.63, 3.8) is 0 Å². The lowest BCUT2D eigenvalue weighted by atomic mass is 10.1. The number of hydrogen-bond donors (Lipinski definition) is 1. The van der Waals surface area contributed by atoms with Gasteiger partial charge in [0.1, 0.15) is 0 Å². The molecule has 3 unspecified atom stereocenters. The standard InChI is InChI=1S/C18H19N3/c19-16(15-10-14(15)13-6-2-1-3-7-13)11-21-12-20-17-8-4-5-9-18(17)21/h1-9,12,14-16H,10-11,19H2. The monoisotopic (exact) mass is 277 g/mol. The van der Waals surface area contributed by atoms with Crippen molar-refractivity contribution in [2.75, 3.05) is 0 Å². The van der Waals surface area contributed by atoms with Gasteiger partial charge in [0.15, 0.2) is 0 Å². The number of nitrogens with two attached hydrogens (primary N) is 1. The number of para-hydroxylation sites is 2. The van der Waals surface area contributed by atoms with Crippen LogP contribution >= 0.6 is 0 Å². The van der Waals surface area contributed by atoms with Gasteiger partial charge in [0.2, 0.25) is 0 Å². The van der Waals surface area contributed by atoms with E-state index in [1.54, 1.807) is 0 Å². The van der Waals surface area contributed by atoms with Crippen LogP contribution in [0.15, 0.2) is 60.9 Å². The van der Waals surface area contributed by atoms with Crippen LogP contribution in [0.3, 0.4) is 0 Å². The summed E-state index contributed by atoms with van der Waals surface area (Å²) in [5, 5.41) is 0. The number of aromatic nitrogens is 2. The van der Waals surface area contributed by atoms with Crippen LogP contribution in [0, 0.1) is 5.92 Å². The van der Waals surface area contributed by atoms with E-state index in [1.165, 1.54) is 17.5 Å². The van der Waals surface area contributed by atoms with E-state index in [-0.39, 0.29) is 6.04 Å². The molecule has 1 aromatic heterocycles. The van der Waals surface area contributed by atoms with Crippen molar-refractivity contribution in [2.24, 2.45) is 11.7 Å². The van der Waals surface area contributed by atoms with Crippen LogP contribution in [0.1, 0.15) is 17.9 Å². The molecule has 3 atom stereocenters. The Morgan fingerprint density at radius 3 is 2.71 bits per heavy atom. The van der Waals surface area contributed by atoms with Gasteiger partial charge in [-0.05, 0) is 36.0 Å². The lowest BCUT2D eigenvalue weighted by Crippen LogP contribution is -2.28. The van der Waals surface area contributed by atoms with E-state index in [4.69, 9.17) is 5.73 Å². The van der Waals surface area contributed by atoms with Gasteiger partial charge >= 0.3 is 0 Å². The van der Waals surface area contributed by atoms with Crippen molar-refractivity contribution in [1.82, 2.24) is 9.55 Å². The van der Waals surface area contributed by atoms with Gasteiger partial charge < -0.3 is 10.3 Å². The van der Waals surface area contributed by atoms with Crippen LogP contribution in [-0.4, -0.2) is 15.6 Å². The fraction of sp³-hybridized carbons (Fsp3) is 0.278. The lowest BCUT2D eigenvalue weighted by molar-refractivity contribution is 0.501. The molecule has 3 heteroatoms. The number of hydrogen-bond acceptors (Lipinski definition) is 2. The minimum Gasteiger partial charge on any atom is -0.329 e. The molecule has 1 aliphatic carbocycles. The van der Waals surface area contributed by atoms with Crippen LogP contribution in [0.25, 0.3) is 11.0 Å². The molecule has 1 heterocycles. The summed E-state index contributed by atoms with van der Waals surface area (Å²) in [6, 6.07) is 19.1. The van der Waals surface area contributed by atoms with Gasteiger partial charge in [-0.1, -0.05) is 42.5 Å². The Labute approximate surface area is 124 Å². The highest BCUT2D eigenvalue weighted by Gasteiger charge is 2.42. The van der Waals surface area contributed by atoms with E-state index >= 15 is 0 Å². The third-order valence-electron chi connectivity index (χ3n) is 4.55. The van der Waals surface area contributed by atoms with E-state index in [9.17, 15) is 0 Å². The minimum atomic E-state index is 0.188. The molecule has 3 aromatic rings. The van der Waals surface area contributed by atoms with Crippen LogP contribution in [0.5, 0.6) is 0 Å². The molecule has 1 aliphatic rings. The van der Waals surface area contributed by atoms with E-state index in [1.807, 2.05) is 18.5 Å². The second kappa shape index (κ2) is 5.01. The van der Waals surface area contributed by atoms with E-state index in [0.717, 1.165) is 12.1 Å². The van der Waals surface area contributed by atoms with Gasteiger partial charge in [-0.25, -0.2) is 4.98 Å². The average Bonchev–Trinajstić information content (AvgIpc) is 3.25. The molecule has 0 bridgehead atoms. The van der Waals surface area contributed by atoms with Gasteiger partial charge in [0.25, 0.3) is 0 Å². The first-order chi connectivity index (χ1) is 10.3. The first-order valence-corrected chi connectivity index (χ1v) is 7.53. The molecule has 0 radical (unpaired) electrons. The van der Waals surface area contributed by atoms with Crippen LogP contribution in [0.2, 0.25) is 0 Å². The highest BCUT2D eigenvalue weighted by molar-refractivity contribution is 5.74. The zero-order valence-corrected chi connectivity index (χ0v) is 11.9. The molecule has 3 nitrogen and oxygen atoms in total. The third-order valence-corrected chi connectivity index (χ3v) is 4.55. The molecule has 2 aromatic carbocycles. The van der Waals surface area contributed by atoms with Crippen molar-refractivity contribution in [2.45, 2.75) is 24.9 Å². The Hall–Kier alpha value is -2.13. The van der Waals surface area contributed by atoms with Crippen LogP contribution in [-0.2, 0) is 6.54 Å². The first-order valence-electron chi connectivity index (χ1n) is 7.53. The Morgan fingerprint density at radius 2 is 1.86 bits per heavy atom. The summed E-state index contributed by atoms with van der Waals surface area (Å²) < 4.78 is 2.18. The van der Waals surface area contributed by atoms with Crippen molar-refractivity contribution < 1.29 is 0 Å². The quantitative estimate of drug-likeness (QED) is 0.796. The summed E-state index contributed by atoms with van der Waals surface area (Å²) in [5.74, 6) is 1.23. The molecule has 0 aliphatic heterocycles. The van der Waals surface area contributed by atoms with Crippen LogP contribution < -0.4 is 5.73 Å². The second-order valence-corrected chi connectivity index (χ2v) is 5.97. The summed E-state index contributed by atoms with van der Waals surface area (Å²) in [4.78, 5) is 4.44. The molecule has 1 fully saturated rings. The maximum atomic E-state index is 6.44. The van der Waals surface area contributed by atoms with E-state index in [0.29, 0.717) is 11.8 Å². The average molecular weight is 277 g/mol. The molecule has 2 N–H and O–H groups in total. The van der Waals surface area contributed by atoms with Crippen molar-refractivity contribution in [3.8, 4) is 0 Å². The second-order valence-electron chi connectivity index (χ2n) is 5.97. The Balaban J connectivity index is 1.49. The number of fused-ring (bicyclic) bond motifs is 1. The zero-order chi connectivity index (χ0) is 14.2. The Bertz CT molecular complexity index is 747. The van der Waals surface area contributed by atoms with Crippen molar-refractivity contribution in [3.05, 3.63) is 66.5 Å². The molecule has 4 rings (SSSR count). The summed E-state index contributed by atoms with van der Waals surface area (Å²) in [6.07, 6.45) is 3.11. The molecular formula is C18H19N3. The SMILES string of the molecule is NC(Cn1cnc2ccccc21)C1CC1c1ccccc1. The molecule has 21 heavy (non-hydrogen) atoms. The predicted octanol–water partition coefficient (Wildman–Crippen LogP) is 3.17. The molecule has 0 amide bonds. The van der Waals surface area contributed by atoms with Crippen molar-refractivity contribution in [1.29, 1.82) is 0 Å². The fourth-order valence-electron chi connectivity index (χ4n) is 3.29. The summed E-state index contributed by atoms with van der Waals surface area (Å²) in [5.41, 5.74) is 10.1. The topological polar surface area (TPSA) is 43.8 Å². The normalized spacial score (nSPS) is 22.3. The summed E-state index contributed by atoms with van der Waals surface area (Å²) in [7, 11) is 0. The van der Waals surface area contributed by atoms with E-state index < -0.39 is 0 Å². The molecule has 0 saturated heterocycles. The van der Waals surface area contributed by atoms with Gasteiger partial charge in [0.05, 0.1) is 17.4 Å². The number of nitrogens with zero attached hydrogens (tertiary/aromatic N) is 2. The van der Waals surface area contributed by atoms with E-state index in [2.05, 4.69) is 52.0 Å². The molecule has 106 valence electrons. The molecule has 0 spiro atoms. The zero-order valence-electron chi connectivity index (χ0n) is 11.9. The smallest absolute Gasteiger partial charge is 0.0958 e. The Morgan fingerprint density at radius 1 is 1.10 bits per heavy atom. The molecular weight excluding hydrogens is 258 g/mol. The Kier molecular flexibility index (Phi) is 3.00. The largest absolute Gasteiger partial charge is 0.329 e. The highest BCUT2D eigenvalue weighted by Crippen LogP contribution is 2.49. The van der Waals surface area contributed by atoms with Crippen molar-refractivity contribution >= 4 is 11.0 Å². The predicted molar refractivity (Wildman–Crippen MR) is 85.0 cm³/mol. The minimum absolute atomic E-state index is 0.188. The van der Waals surface area contributed by atoms with Gasteiger partial charge in [-0.2, -0.15) is 0 Å². The van der Waals surface area contributed by atoms with Crippen LogP contribution in [0.4, 0.5) is 0 Å². The van der Waals surface area contributed by atoms with Gasteiger partial charge in [-0.15, -0.1) is 0 Å². The highest BCUT2D eigenvalue weighted by atomic mass is 15.1. The summed E-state index contributed by atoms with van der Waals surface area (Å²) in [6.45, 7) is 0.842. The summed E-state index contributed by atoms with van der Waals surface area (Å²) >= 11 is 0. The van der Waals surface area contributed by atoms with Gasteiger partial charge in [-0.3, -0.25) is 0 Å². The number of rotatable bonds is 4. The number of benzene rings is 2. The fourth-order valence-corrected chi connectivity index (χ4v) is 3.29. The van der Waals surface area contributed by atoms with Gasteiger partial charge in [0, 0.05) is 12.6 Å². The maximum absolute atomic E-state index is 6.44. The number of imidazole rings is 1.